The molecule has 1 aliphatic heterocycles. The molecule has 1 amide bonds. The van der Waals surface area contributed by atoms with Crippen LogP contribution in [0.1, 0.15) is 17.2 Å². The van der Waals surface area contributed by atoms with Gasteiger partial charge in [0.1, 0.15) is 5.75 Å². The molecule has 0 spiro atoms. The topological polar surface area (TPSA) is 66.5 Å². The number of nitrogens with zero attached hydrogens (tertiary/aromatic N) is 2. The Morgan fingerprint density at radius 1 is 1.35 bits per heavy atom. The number of amides is 1. The highest BCUT2D eigenvalue weighted by molar-refractivity contribution is 5.78. The fraction of sp³-hybridized carbons (Fsp3) is 0.400. The third-order valence-electron chi connectivity index (χ3n) is 4.68. The van der Waals surface area contributed by atoms with Crippen LogP contribution in [0.15, 0.2) is 48.8 Å². The number of hydrogen-bond donors (Lipinski definition) is 2. The van der Waals surface area contributed by atoms with Crippen LogP contribution in [-0.2, 0) is 11.2 Å². The molecule has 3 rings (SSSR count). The van der Waals surface area contributed by atoms with Crippen molar-refractivity contribution in [3.05, 3.63) is 59.9 Å². The smallest absolute Gasteiger partial charge is 0.234 e. The molecule has 0 aliphatic carbocycles. The summed E-state index contributed by atoms with van der Waals surface area (Å²) in [7, 11) is 1.67. The minimum absolute atomic E-state index is 0.0516. The van der Waals surface area contributed by atoms with Gasteiger partial charge in [0.15, 0.2) is 0 Å². The molecule has 0 radical (unpaired) electrons. The van der Waals surface area contributed by atoms with E-state index in [0.717, 1.165) is 42.9 Å². The van der Waals surface area contributed by atoms with Crippen LogP contribution in [0.3, 0.4) is 0 Å². The summed E-state index contributed by atoms with van der Waals surface area (Å²) in [5.41, 5.74) is 2.24. The number of carbonyl (C=O) groups excluding carboxylic acids is 1. The van der Waals surface area contributed by atoms with Gasteiger partial charge in [-0.15, -0.1) is 0 Å². The Morgan fingerprint density at radius 2 is 2.23 bits per heavy atom. The molecule has 6 nitrogen and oxygen atoms in total. The summed E-state index contributed by atoms with van der Waals surface area (Å²) < 4.78 is 5.35. The Kier molecular flexibility index (Phi) is 6.57. The zero-order valence-corrected chi connectivity index (χ0v) is 15.1. The maximum absolute atomic E-state index is 12.4. The average molecular weight is 354 g/mol. The minimum Gasteiger partial charge on any atom is -0.496 e. The molecule has 138 valence electrons. The lowest BCUT2D eigenvalue weighted by molar-refractivity contribution is -0.123. The van der Waals surface area contributed by atoms with Gasteiger partial charge in [-0.1, -0.05) is 24.3 Å². The monoisotopic (exact) mass is 354 g/mol. The summed E-state index contributed by atoms with van der Waals surface area (Å²) in [4.78, 5) is 18.8. The van der Waals surface area contributed by atoms with Gasteiger partial charge in [0.2, 0.25) is 5.91 Å². The Labute approximate surface area is 154 Å². The molecule has 2 N–H and O–H groups in total. The van der Waals surface area contributed by atoms with Crippen molar-refractivity contribution in [1.29, 1.82) is 0 Å². The van der Waals surface area contributed by atoms with E-state index in [4.69, 9.17) is 4.74 Å². The molecule has 1 aromatic heterocycles. The van der Waals surface area contributed by atoms with Crippen molar-refractivity contribution in [3.63, 3.8) is 0 Å². The summed E-state index contributed by atoms with van der Waals surface area (Å²) >= 11 is 0. The molecule has 1 aliphatic rings. The summed E-state index contributed by atoms with van der Waals surface area (Å²) in [5, 5.41) is 6.43. The normalized spacial score (nSPS) is 17.7. The molecule has 1 unspecified atom stereocenters. The SMILES string of the molecule is COc1ccccc1CCNC(=O)CN1CCNCC1c1cccnc1. The summed E-state index contributed by atoms with van der Waals surface area (Å²) in [6, 6.07) is 12.1. The molecule has 1 atom stereocenters. The predicted octanol–water partition coefficient (Wildman–Crippen LogP) is 1.40. The number of rotatable bonds is 7. The molecule has 1 aromatic carbocycles. The molecule has 6 heteroatoms. The van der Waals surface area contributed by atoms with Crippen LogP contribution < -0.4 is 15.4 Å². The van der Waals surface area contributed by atoms with Crippen LogP contribution in [0, 0.1) is 0 Å². The van der Waals surface area contributed by atoms with Gasteiger partial charge in [0, 0.05) is 44.6 Å². The second-order valence-electron chi connectivity index (χ2n) is 6.39. The number of ether oxygens (including phenoxy) is 1. The third kappa shape index (κ3) is 4.80. The van der Waals surface area contributed by atoms with Crippen LogP contribution in [0.25, 0.3) is 0 Å². The average Bonchev–Trinajstić information content (AvgIpc) is 2.69. The minimum atomic E-state index is 0.0516. The van der Waals surface area contributed by atoms with Crippen LogP contribution >= 0.6 is 0 Å². The van der Waals surface area contributed by atoms with Crippen molar-refractivity contribution < 1.29 is 9.53 Å². The first-order valence-corrected chi connectivity index (χ1v) is 9.01. The first kappa shape index (κ1) is 18.4. The zero-order valence-electron chi connectivity index (χ0n) is 15.1. The van der Waals surface area contributed by atoms with Gasteiger partial charge in [-0.05, 0) is 29.7 Å². The van der Waals surface area contributed by atoms with E-state index in [9.17, 15) is 4.79 Å². The molecular formula is C20H26N4O2. The third-order valence-corrected chi connectivity index (χ3v) is 4.68. The molecule has 26 heavy (non-hydrogen) atoms. The maximum Gasteiger partial charge on any atom is 0.234 e. The largest absolute Gasteiger partial charge is 0.496 e. The summed E-state index contributed by atoms with van der Waals surface area (Å²) in [6.07, 6.45) is 4.41. The van der Waals surface area contributed by atoms with Gasteiger partial charge in [0.25, 0.3) is 0 Å². The van der Waals surface area contributed by atoms with Crippen molar-refractivity contribution in [3.8, 4) is 5.75 Å². The van der Waals surface area contributed by atoms with E-state index < -0.39 is 0 Å². The van der Waals surface area contributed by atoms with Gasteiger partial charge < -0.3 is 15.4 Å². The number of para-hydroxylation sites is 1. The number of pyridine rings is 1. The maximum atomic E-state index is 12.4. The van der Waals surface area contributed by atoms with E-state index >= 15 is 0 Å². The van der Waals surface area contributed by atoms with Crippen molar-refractivity contribution in [2.24, 2.45) is 0 Å². The highest BCUT2D eigenvalue weighted by atomic mass is 16.5. The van der Waals surface area contributed by atoms with Gasteiger partial charge >= 0.3 is 0 Å². The Bertz CT molecular complexity index is 708. The Balaban J connectivity index is 1.52. The van der Waals surface area contributed by atoms with E-state index in [-0.39, 0.29) is 11.9 Å². The second-order valence-corrected chi connectivity index (χ2v) is 6.39. The summed E-state index contributed by atoms with van der Waals surface area (Å²) in [5.74, 6) is 0.913. The molecule has 1 fully saturated rings. The van der Waals surface area contributed by atoms with Crippen molar-refractivity contribution >= 4 is 5.91 Å². The lowest BCUT2D eigenvalue weighted by Gasteiger charge is -2.35. The molecule has 0 bridgehead atoms. The van der Waals surface area contributed by atoms with Crippen molar-refractivity contribution in [2.45, 2.75) is 12.5 Å². The predicted molar refractivity (Wildman–Crippen MR) is 101 cm³/mol. The van der Waals surface area contributed by atoms with Gasteiger partial charge in [0.05, 0.1) is 13.7 Å². The highest BCUT2D eigenvalue weighted by Gasteiger charge is 2.25. The fourth-order valence-corrected chi connectivity index (χ4v) is 3.32. The van der Waals surface area contributed by atoms with Crippen LogP contribution in [0.4, 0.5) is 0 Å². The number of aromatic nitrogens is 1. The quantitative estimate of drug-likeness (QED) is 0.787. The van der Waals surface area contributed by atoms with Gasteiger partial charge in [-0.2, -0.15) is 0 Å². The van der Waals surface area contributed by atoms with Crippen LogP contribution in [0.2, 0.25) is 0 Å². The zero-order chi connectivity index (χ0) is 18.2. The van der Waals surface area contributed by atoms with Crippen molar-refractivity contribution in [1.82, 2.24) is 20.5 Å². The van der Waals surface area contributed by atoms with E-state index in [1.54, 1.807) is 13.3 Å². The van der Waals surface area contributed by atoms with E-state index in [1.807, 2.05) is 36.5 Å². The first-order chi connectivity index (χ1) is 12.8. The van der Waals surface area contributed by atoms with Gasteiger partial charge in [-0.3, -0.25) is 14.7 Å². The number of carbonyl (C=O) groups is 1. The van der Waals surface area contributed by atoms with E-state index in [1.165, 1.54) is 0 Å². The number of hydrogen-bond acceptors (Lipinski definition) is 5. The standard InChI is InChI=1S/C20H26N4O2/c1-26-19-7-3-2-5-16(19)8-10-23-20(25)15-24-12-11-22-14-18(24)17-6-4-9-21-13-17/h2-7,9,13,18,22H,8,10-12,14-15H2,1H3,(H,23,25). The van der Waals surface area contributed by atoms with Gasteiger partial charge in [-0.25, -0.2) is 0 Å². The molecular weight excluding hydrogens is 328 g/mol. The second kappa shape index (κ2) is 9.31. The number of methoxy groups -OCH3 is 1. The lowest BCUT2D eigenvalue weighted by atomic mass is 10.1. The van der Waals surface area contributed by atoms with Crippen LogP contribution in [0.5, 0.6) is 5.75 Å². The Morgan fingerprint density at radius 3 is 3.04 bits per heavy atom. The number of nitrogens with one attached hydrogen (secondary N) is 2. The van der Waals surface area contributed by atoms with Crippen LogP contribution in [-0.4, -0.2) is 55.6 Å². The summed E-state index contributed by atoms with van der Waals surface area (Å²) in [6.45, 7) is 3.57. The first-order valence-electron chi connectivity index (χ1n) is 9.01. The molecule has 2 heterocycles. The molecule has 0 saturated carbocycles. The van der Waals surface area contributed by atoms with Crippen molar-refractivity contribution in [2.75, 3.05) is 39.8 Å². The fourth-order valence-electron chi connectivity index (χ4n) is 3.32. The lowest BCUT2D eigenvalue weighted by Crippen LogP contribution is -2.49. The highest BCUT2D eigenvalue weighted by Crippen LogP contribution is 2.21. The number of benzene rings is 1. The number of piperazine rings is 1. The van der Waals surface area contributed by atoms with E-state index in [0.29, 0.717) is 13.1 Å². The Hall–Kier alpha value is -2.44. The molecule has 1 saturated heterocycles. The van der Waals surface area contributed by atoms with E-state index in [2.05, 4.69) is 26.6 Å². The molecule has 2 aromatic rings.